The SMILES string of the molecule is COCCCN(CC(=O)OC)CC(=O)N1CCS[C@@H]1c1ccc(OC)cc1. The molecule has 7 nitrogen and oxygen atoms in total. The Morgan fingerprint density at radius 1 is 1.19 bits per heavy atom. The van der Waals surface area contributed by atoms with E-state index in [4.69, 9.17) is 14.2 Å². The minimum atomic E-state index is -0.345. The van der Waals surface area contributed by atoms with Crippen LogP contribution < -0.4 is 4.74 Å². The van der Waals surface area contributed by atoms with Gasteiger partial charge in [-0.25, -0.2) is 0 Å². The number of amides is 1. The topological polar surface area (TPSA) is 68.3 Å². The van der Waals surface area contributed by atoms with Crippen LogP contribution in [-0.2, 0) is 19.1 Å². The van der Waals surface area contributed by atoms with Crippen LogP contribution in [0.15, 0.2) is 24.3 Å². The van der Waals surface area contributed by atoms with Crippen LogP contribution >= 0.6 is 11.8 Å². The fourth-order valence-corrected chi connectivity index (χ4v) is 4.22. The average molecular weight is 397 g/mol. The zero-order valence-corrected chi connectivity index (χ0v) is 17.0. The number of carbonyl (C=O) groups excluding carboxylic acids is 2. The minimum absolute atomic E-state index is 0.0117. The van der Waals surface area contributed by atoms with Crippen molar-refractivity contribution < 1.29 is 23.8 Å². The second-order valence-electron chi connectivity index (χ2n) is 6.22. The fourth-order valence-electron chi connectivity index (χ4n) is 2.95. The zero-order chi connectivity index (χ0) is 19.6. The van der Waals surface area contributed by atoms with Gasteiger partial charge in [-0.1, -0.05) is 12.1 Å². The lowest BCUT2D eigenvalue weighted by Gasteiger charge is -2.28. The molecule has 1 aromatic carbocycles. The van der Waals surface area contributed by atoms with Crippen LogP contribution in [0.5, 0.6) is 5.75 Å². The zero-order valence-electron chi connectivity index (χ0n) is 16.2. The van der Waals surface area contributed by atoms with Gasteiger partial charge in [-0.05, 0) is 24.1 Å². The molecule has 0 radical (unpaired) electrons. The summed E-state index contributed by atoms with van der Waals surface area (Å²) in [7, 11) is 4.62. The molecule has 150 valence electrons. The standard InChI is InChI=1S/C19H28N2O5S/c1-24-11-4-9-20(14-18(23)26-3)13-17(22)21-10-12-27-19(21)15-5-7-16(25-2)8-6-15/h5-8,19H,4,9-14H2,1-3H3/t19-/m1/s1. The van der Waals surface area contributed by atoms with Gasteiger partial charge in [0.2, 0.25) is 5.91 Å². The molecule has 0 bridgehead atoms. The van der Waals surface area contributed by atoms with Crippen molar-refractivity contribution in [2.24, 2.45) is 0 Å². The number of methoxy groups -OCH3 is 3. The number of ether oxygens (including phenoxy) is 3. The molecule has 0 aliphatic carbocycles. The third-order valence-corrected chi connectivity index (χ3v) is 5.63. The number of thioether (sulfide) groups is 1. The minimum Gasteiger partial charge on any atom is -0.497 e. The number of nitrogens with zero attached hydrogens (tertiary/aromatic N) is 2. The Kier molecular flexibility index (Phi) is 8.90. The summed E-state index contributed by atoms with van der Waals surface area (Å²) in [6.45, 7) is 2.17. The highest BCUT2D eigenvalue weighted by molar-refractivity contribution is 7.99. The number of benzene rings is 1. The van der Waals surface area contributed by atoms with Crippen LogP contribution in [0, 0.1) is 0 Å². The van der Waals surface area contributed by atoms with Crippen molar-refractivity contribution >= 4 is 23.6 Å². The molecule has 1 aliphatic rings. The van der Waals surface area contributed by atoms with Gasteiger partial charge in [0.25, 0.3) is 0 Å². The number of hydrogen-bond acceptors (Lipinski definition) is 7. The number of esters is 1. The summed E-state index contributed by atoms with van der Waals surface area (Å²) >= 11 is 1.75. The van der Waals surface area contributed by atoms with E-state index in [9.17, 15) is 9.59 Å². The Labute approximate surface area is 164 Å². The molecule has 27 heavy (non-hydrogen) atoms. The molecule has 0 saturated carbocycles. The highest BCUT2D eigenvalue weighted by Crippen LogP contribution is 2.38. The molecule has 1 aliphatic heterocycles. The van der Waals surface area contributed by atoms with Crippen molar-refractivity contribution in [1.82, 2.24) is 9.80 Å². The first kappa shape index (κ1) is 21.5. The lowest BCUT2D eigenvalue weighted by Crippen LogP contribution is -2.42. The van der Waals surface area contributed by atoms with Crippen molar-refractivity contribution in [3.8, 4) is 5.75 Å². The van der Waals surface area contributed by atoms with Gasteiger partial charge in [0, 0.05) is 32.6 Å². The van der Waals surface area contributed by atoms with E-state index in [-0.39, 0.29) is 30.3 Å². The van der Waals surface area contributed by atoms with Crippen LogP contribution in [0.1, 0.15) is 17.4 Å². The first-order chi connectivity index (χ1) is 13.1. The monoisotopic (exact) mass is 396 g/mol. The fraction of sp³-hybridized carbons (Fsp3) is 0.579. The van der Waals surface area contributed by atoms with E-state index < -0.39 is 0 Å². The van der Waals surface area contributed by atoms with Crippen molar-refractivity contribution in [2.75, 3.05) is 59.9 Å². The lowest BCUT2D eigenvalue weighted by atomic mass is 10.2. The highest BCUT2D eigenvalue weighted by Gasteiger charge is 2.31. The predicted octanol–water partition coefficient (Wildman–Crippen LogP) is 1.78. The van der Waals surface area contributed by atoms with Crippen LogP contribution in [0.25, 0.3) is 0 Å². The summed E-state index contributed by atoms with van der Waals surface area (Å²) in [5, 5.41) is -0.0117. The molecule has 2 rings (SSSR count). The Morgan fingerprint density at radius 3 is 2.56 bits per heavy atom. The van der Waals surface area contributed by atoms with Crippen LogP contribution in [0.3, 0.4) is 0 Å². The van der Waals surface area contributed by atoms with Gasteiger partial charge in [0.05, 0.1) is 27.3 Å². The molecule has 1 heterocycles. The quantitative estimate of drug-likeness (QED) is 0.441. The molecular formula is C19H28N2O5S. The Morgan fingerprint density at radius 2 is 1.93 bits per heavy atom. The summed E-state index contributed by atoms with van der Waals surface area (Å²) in [4.78, 5) is 28.3. The number of hydrogen-bond donors (Lipinski definition) is 0. The molecular weight excluding hydrogens is 368 g/mol. The normalized spacial score (nSPS) is 16.6. The third-order valence-electron chi connectivity index (χ3n) is 4.37. The summed E-state index contributed by atoms with van der Waals surface area (Å²) in [5.41, 5.74) is 1.07. The molecule has 0 spiro atoms. The summed E-state index contributed by atoms with van der Waals surface area (Å²) in [6.07, 6.45) is 0.747. The van der Waals surface area contributed by atoms with E-state index in [1.807, 2.05) is 34.1 Å². The maximum absolute atomic E-state index is 12.9. The second-order valence-corrected chi connectivity index (χ2v) is 7.40. The van der Waals surface area contributed by atoms with Gasteiger partial charge in [-0.15, -0.1) is 11.8 Å². The molecule has 1 aromatic rings. The van der Waals surface area contributed by atoms with Gasteiger partial charge in [0.15, 0.2) is 0 Å². The Balaban J connectivity index is 2.01. The van der Waals surface area contributed by atoms with E-state index in [0.717, 1.165) is 23.5 Å². The maximum atomic E-state index is 12.9. The molecule has 8 heteroatoms. The van der Waals surface area contributed by atoms with Gasteiger partial charge in [0.1, 0.15) is 11.1 Å². The Hall–Kier alpha value is -1.77. The van der Waals surface area contributed by atoms with Crippen LogP contribution in [0.2, 0.25) is 0 Å². The number of rotatable bonds is 10. The van der Waals surface area contributed by atoms with Gasteiger partial charge >= 0.3 is 5.97 Å². The predicted molar refractivity (Wildman–Crippen MR) is 105 cm³/mol. The summed E-state index contributed by atoms with van der Waals surface area (Å²) < 4.78 is 15.0. The van der Waals surface area contributed by atoms with Gasteiger partial charge < -0.3 is 19.1 Å². The van der Waals surface area contributed by atoms with E-state index in [1.54, 1.807) is 26.0 Å². The van der Waals surface area contributed by atoms with E-state index in [1.165, 1.54) is 7.11 Å². The van der Waals surface area contributed by atoms with E-state index >= 15 is 0 Å². The molecule has 1 saturated heterocycles. The van der Waals surface area contributed by atoms with E-state index in [2.05, 4.69) is 0 Å². The summed E-state index contributed by atoms with van der Waals surface area (Å²) in [5.74, 6) is 1.36. The highest BCUT2D eigenvalue weighted by atomic mass is 32.2. The van der Waals surface area contributed by atoms with Crippen molar-refractivity contribution in [3.05, 3.63) is 29.8 Å². The third kappa shape index (κ3) is 6.41. The van der Waals surface area contributed by atoms with Crippen LogP contribution in [-0.4, -0.2) is 81.5 Å². The smallest absolute Gasteiger partial charge is 0.319 e. The first-order valence-electron chi connectivity index (χ1n) is 8.92. The molecule has 0 N–H and O–H groups in total. The van der Waals surface area contributed by atoms with Gasteiger partial charge in [-0.3, -0.25) is 14.5 Å². The molecule has 0 unspecified atom stereocenters. The molecule has 1 amide bonds. The largest absolute Gasteiger partial charge is 0.497 e. The van der Waals surface area contributed by atoms with Crippen molar-refractivity contribution in [1.29, 1.82) is 0 Å². The number of carbonyl (C=O) groups is 2. The molecule has 1 atom stereocenters. The molecule has 0 aromatic heterocycles. The lowest BCUT2D eigenvalue weighted by molar-refractivity contribution is -0.143. The maximum Gasteiger partial charge on any atom is 0.319 e. The Bertz CT molecular complexity index is 611. The van der Waals surface area contributed by atoms with Crippen molar-refractivity contribution in [3.63, 3.8) is 0 Å². The average Bonchev–Trinajstić information content (AvgIpc) is 3.18. The summed E-state index contributed by atoms with van der Waals surface area (Å²) in [6, 6.07) is 7.80. The first-order valence-corrected chi connectivity index (χ1v) is 9.97. The van der Waals surface area contributed by atoms with E-state index in [0.29, 0.717) is 19.7 Å². The van der Waals surface area contributed by atoms with Crippen molar-refractivity contribution in [2.45, 2.75) is 11.8 Å². The van der Waals surface area contributed by atoms with Crippen LogP contribution in [0.4, 0.5) is 0 Å². The van der Waals surface area contributed by atoms with Gasteiger partial charge in [-0.2, -0.15) is 0 Å². The molecule has 1 fully saturated rings. The second kappa shape index (κ2) is 11.2.